The number of benzene rings is 1. The van der Waals surface area contributed by atoms with Crippen molar-refractivity contribution < 1.29 is 17.9 Å². The van der Waals surface area contributed by atoms with Crippen LogP contribution in [0.15, 0.2) is 47.5 Å². The Hall–Kier alpha value is -2.41. The maximum atomic E-state index is 13.0. The van der Waals surface area contributed by atoms with Crippen LogP contribution < -0.4 is 9.64 Å². The highest BCUT2D eigenvalue weighted by atomic mass is 32.2. The minimum Gasteiger partial charge on any atom is -0.471 e. The first-order chi connectivity index (χ1) is 10.9. The van der Waals surface area contributed by atoms with Gasteiger partial charge in [0.2, 0.25) is 5.88 Å². The lowest BCUT2D eigenvalue weighted by Crippen LogP contribution is -2.43. The molecule has 1 aliphatic rings. The standard InChI is InChI=1S/C16H16N2O4S/c1-11-10-18(13-7-5-9-17-15(13)22-11)16(19)12-6-3-4-8-14(12)23(2,20)21/h3-9,11H,10H2,1-2H3/t11-/m1/s1. The van der Waals surface area contributed by atoms with Gasteiger partial charge in [0, 0.05) is 12.5 Å². The summed E-state index contributed by atoms with van der Waals surface area (Å²) >= 11 is 0. The molecule has 0 fully saturated rings. The summed E-state index contributed by atoms with van der Waals surface area (Å²) in [4.78, 5) is 18.6. The summed E-state index contributed by atoms with van der Waals surface area (Å²) in [6.07, 6.45) is 2.45. The second-order valence-electron chi connectivity index (χ2n) is 5.44. The van der Waals surface area contributed by atoms with Crippen molar-refractivity contribution in [1.29, 1.82) is 0 Å². The molecule has 23 heavy (non-hydrogen) atoms. The molecule has 0 saturated heterocycles. The maximum absolute atomic E-state index is 13.0. The van der Waals surface area contributed by atoms with Gasteiger partial charge in [0.25, 0.3) is 5.91 Å². The van der Waals surface area contributed by atoms with Crippen LogP contribution in [0.4, 0.5) is 5.69 Å². The number of carbonyl (C=O) groups is 1. The van der Waals surface area contributed by atoms with E-state index in [1.807, 2.05) is 6.92 Å². The maximum Gasteiger partial charge on any atom is 0.259 e. The number of pyridine rings is 1. The molecule has 1 atom stereocenters. The summed E-state index contributed by atoms with van der Waals surface area (Å²) in [5.41, 5.74) is 0.692. The van der Waals surface area contributed by atoms with Crippen molar-refractivity contribution >= 4 is 21.4 Å². The van der Waals surface area contributed by atoms with E-state index in [4.69, 9.17) is 4.74 Å². The van der Waals surface area contributed by atoms with Crippen LogP contribution in [-0.2, 0) is 9.84 Å². The number of rotatable bonds is 2. The van der Waals surface area contributed by atoms with Gasteiger partial charge in [-0.05, 0) is 31.2 Å². The Bertz CT molecular complexity index is 864. The fourth-order valence-electron chi connectivity index (χ4n) is 2.57. The summed E-state index contributed by atoms with van der Waals surface area (Å²) in [5.74, 6) is -0.00754. The average molecular weight is 332 g/mol. The highest BCUT2D eigenvalue weighted by molar-refractivity contribution is 7.90. The first-order valence-corrected chi connectivity index (χ1v) is 8.99. The molecule has 3 rings (SSSR count). The highest BCUT2D eigenvalue weighted by Gasteiger charge is 2.31. The minimum atomic E-state index is -3.50. The average Bonchev–Trinajstić information content (AvgIpc) is 2.52. The molecule has 1 aliphatic heterocycles. The predicted octanol–water partition coefficient (Wildman–Crippen LogP) is 1.91. The first-order valence-electron chi connectivity index (χ1n) is 7.10. The summed E-state index contributed by atoms with van der Waals surface area (Å²) in [6, 6.07) is 9.65. The lowest BCUT2D eigenvalue weighted by atomic mass is 10.1. The summed E-state index contributed by atoms with van der Waals surface area (Å²) in [7, 11) is -3.50. The number of fused-ring (bicyclic) bond motifs is 1. The normalized spacial score (nSPS) is 17.3. The molecule has 1 aromatic heterocycles. The van der Waals surface area contributed by atoms with E-state index in [1.54, 1.807) is 30.5 Å². The lowest BCUT2D eigenvalue weighted by Gasteiger charge is -2.32. The Labute approximate surface area is 134 Å². The van der Waals surface area contributed by atoms with Gasteiger partial charge in [-0.15, -0.1) is 0 Å². The van der Waals surface area contributed by atoms with E-state index < -0.39 is 9.84 Å². The number of nitrogens with zero attached hydrogens (tertiary/aromatic N) is 2. The first kappa shape index (κ1) is 15.5. The number of carbonyl (C=O) groups excluding carboxylic acids is 1. The van der Waals surface area contributed by atoms with Gasteiger partial charge in [-0.25, -0.2) is 13.4 Å². The molecule has 0 N–H and O–H groups in total. The fourth-order valence-corrected chi connectivity index (χ4v) is 3.45. The van der Waals surface area contributed by atoms with Crippen LogP contribution in [0.5, 0.6) is 5.88 Å². The number of hydrogen-bond donors (Lipinski definition) is 0. The summed E-state index contributed by atoms with van der Waals surface area (Å²) in [6.45, 7) is 2.16. The van der Waals surface area contributed by atoms with Crippen LogP contribution in [0.25, 0.3) is 0 Å². The van der Waals surface area contributed by atoms with E-state index in [1.165, 1.54) is 17.0 Å². The lowest BCUT2D eigenvalue weighted by molar-refractivity contribution is 0.0955. The van der Waals surface area contributed by atoms with E-state index >= 15 is 0 Å². The number of hydrogen-bond acceptors (Lipinski definition) is 5. The van der Waals surface area contributed by atoms with Gasteiger partial charge in [-0.1, -0.05) is 12.1 Å². The van der Waals surface area contributed by atoms with Crippen LogP contribution in [0.3, 0.4) is 0 Å². The smallest absolute Gasteiger partial charge is 0.259 e. The zero-order chi connectivity index (χ0) is 16.6. The minimum absolute atomic E-state index is 0.0228. The Balaban J connectivity index is 2.09. The van der Waals surface area contributed by atoms with Crippen molar-refractivity contribution in [2.24, 2.45) is 0 Å². The van der Waals surface area contributed by atoms with E-state index in [-0.39, 0.29) is 22.5 Å². The van der Waals surface area contributed by atoms with Gasteiger partial charge in [0.1, 0.15) is 11.8 Å². The second-order valence-corrected chi connectivity index (χ2v) is 7.42. The highest BCUT2D eigenvalue weighted by Crippen LogP contribution is 2.32. The molecule has 0 bridgehead atoms. The molecule has 6 nitrogen and oxygen atoms in total. The van der Waals surface area contributed by atoms with E-state index in [0.29, 0.717) is 18.1 Å². The van der Waals surface area contributed by atoms with Crippen LogP contribution in [-0.4, -0.2) is 38.2 Å². The van der Waals surface area contributed by atoms with E-state index in [2.05, 4.69) is 4.98 Å². The van der Waals surface area contributed by atoms with Crippen LogP contribution in [0, 0.1) is 0 Å². The Morgan fingerprint density at radius 2 is 2.00 bits per heavy atom. The number of aromatic nitrogens is 1. The molecule has 0 aliphatic carbocycles. The van der Waals surface area contributed by atoms with Crippen molar-refractivity contribution in [3.63, 3.8) is 0 Å². The number of anilines is 1. The molecule has 0 spiro atoms. The number of amides is 1. The molecule has 1 amide bonds. The van der Waals surface area contributed by atoms with E-state index in [9.17, 15) is 13.2 Å². The van der Waals surface area contributed by atoms with Crippen molar-refractivity contribution in [2.75, 3.05) is 17.7 Å². The Morgan fingerprint density at radius 3 is 2.74 bits per heavy atom. The third-order valence-corrected chi connectivity index (χ3v) is 4.71. The molecule has 1 aromatic carbocycles. The zero-order valence-corrected chi connectivity index (χ0v) is 13.6. The molecule has 0 radical (unpaired) electrons. The van der Waals surface area contributed by atoms with E-state index in [0.717, 1.165) is 6.26 Å². The van der Waals surface area contributed by atoms with Crippen molar-refractivity contribution in [2.45, 2.75) is 17.9 Å². The van der Waals surface area contributed by atoms with Gasteiger partial charge in [-0.3, -0.25) is 9.69 Å². The van der Waals surface area contributed by atoms with Crippen molar-refractivity contribution in [3.8, 4) is 5.88 Å². The largest absolute Gasteiger partial charge is 0.471 e. The second kappa shape index (κ2) is 5.66. The summed E-state index contributed by atoms with van der Waals surface area (Å²) < 4.78 is 29.5. The molecular weight excluding hydrogens is 316 g/mol. The summed E-state index contributed by atoms with van der Waals surface area (Å²) in [5, 5.41) is 0. The predicted molar refractivity (Wildman–Crippen MR) is 85.6 cm³/mol. The molecule has 0 saturated carbocycles. The fraction of sp³-hybridized carbons (Fsp3) is 0.250. The molecular formula is C16H16N2O4S. The van der Waals surface area contributed by atoms with Crippen molar-refractivity contribution in [1.82, 2.24) is 4.98 Å². The van der Waals surface area contributed by atoms with Crippen molar-refractivity contribution in [3.05, 3.63) is 48.2 Å². The van der Waals surface area contributed by atoms with Gasteiger partial charge < -0.3 is 4.74 Å². The number of sulfone groups is 1. The third kappa shape index (κ3) is 2.92. The molecule has 2 heterocycles. The third-order valence-electron chi connectivity index (χ3n) is 3.56. The molecule has 7 heteroatoms. The topological polar surface area (TPSA) is 76.6 Å². The Morgan fingerprint density at radius 1 is 1.26 bits per heavy atom. The monoisotopic (exact) mass is 332 g/mol. The zero-order valence-electron chi connectivity index (χ0n) is 12.8. The van der Waals surface area contributed by atoms with Gasteiger partial charge in [-0.2, -0.15) is 0 Å². The van der Waals surface area contributed by atoms with Gasteiger partial charge in [0.15, 0.2) is 9.84 Å². The number of ether oxygens (including phenoxy) is 1. The molecule has 2 aromatic rings. The Kier molecular flexibility index (Phi) is 3.81. The quantitative estimate of drug-likeness (QED) is 0.839. The van der Waals surface area contributed by atoms with Crippen LogP contribution >= 0.6 is 0 Å². The SMILES string of the molecule is C[C@@H]1CN(C(=O)c2ccccc2S(C)(=O)=O)c2cccnc2O1. The van der Waals surface area contributed by atoms with Gasteiger partial charge >= 0.3 is 0 Å². The molecule has 0 unspecified atom stereocenters. The van der Waals surface area contributed by atoms with Crippen LogP contribution in [0.2, 0.25) is 0 Å². The molecule has 120 valence electrons. The van der Waals surface area contributed by atoms with Gasteiger partial charge in [0.05, 0.1) is 17.0 Å². The van der Waals surface area contributed by atoms with Crippen LogP contribution in [0.1, 0.15) is 17.3 Å².